The number of pyridine rings is 1. The van der Waals surface area contributed by atoms with Crippen LogP contribution in [0.2, 0.25) is 0 Å². The van der Waals surface area contributed by atoms with Gasteiger partial charge in [-0.25, -0.2) is 4.98 Å². The van der Waals surface area contributed by atoms with Crippen molar-refractivity contribution in [3.05, 3.63) is 30.1 Å². The molecule has 1 unspecified atom stereocenters. The topological polar surface area (TPSA) is 104 Å². The summed E-state index contributed by atoms with van der Waals surface area (Å²) in [5, 5.41) is 11.3. The van der Waals surface area contributed by atoms with Crippen LogP contribution in [-0.4, -0.2) is 58.0 Å². The standard InChI is InChI=1S/C20H28N8OS/c1-20(2)7-8-27(12-20)17-15(11-26(3)25-17)24-18(29)14-5-4-6-16(23-14)28-10-13(9-21)22-19(28)30/h4-6,11,13H,7-10,12,21H2,1-3H3,(H,22,30)(H,24,29). The minimum atomic E-state index is -0.280. The summed E-state index contributed by atoms with van der Waals surface area (Å²) in [5.74, 6) is 1.14. The van der Waals surface area contributed by atoms with E-state index in [9.17, 15) is 4.79 Å². The van der Waals surface area contributed by atoms with Gasteiger partial charge in [0.25, 0.3) is 5.91 Å². The van der Waals surface area contributed by atoms with Gasteiger partial charge in [-0.15, -0.1) is 0 Å². The summed E-state index contributed by atoms with van der Waals surface area (Å²) in [5.41, 5.74) is 6.99. The van der Waals surface area contributed by atoms with Crippen molar-refractivity contribution in [2.45, 2.75) is 26.3 Å². The van der Waals surface area contributed by atoms with Gasteiger partial charge in [0, 0.05) is 33.2 Å². The molecule has 4 N–H and O–H groups in total. The van der Waals surface area contributed by atoms with Crippen molar-refractivity contribution in [1.82, 2.24) is 20.1 Å². The van der Waals surface area contributed by atoms with Gasteiger partial charge in [0.05, 0.1) is 12.2 Å². The number of thiocarbonyl (C=S) groups is 1. The summed E-state index contributed by atoms with van der Waals surface area (Å²) in [4.78, 5) is 21.6. The summed E-state index contributed by atoms with van der Waals surface area (Å²) >= 11 is 5.38. The van der Waals surface area contributed by atoms with Crippen LogP contribution < -0.4 is 26.2 Å². The summed E-state index contributed by atoms with van der Waals surface area (Å²) in [7, 11) is 1.86. The molecular weight excluding hydrogens is 400 g/mol. The van der Waals surface area contributed by atoms with Crippen LogP contribution in [0.4, 0.5) is 17.3 Å². The van der Waals surface area contributed by atoms with Gasteiger partial charge >= 0.3 is 0 Å². The van der Waals surface area contributed by atoms with Crippen LogP contribution in [-0.2, 0) is 7.05 Å². The van der Waals surface area contributed by atoms with Crippen LogP contribution in [0.5, 0.6) is 0 Å². The average Bonchev–Trinajstić information content (AvgIpc) is 3.38. The summed E-state index contributed by atoms with van der Waals surface area (Å²) in [6.07, 6.45) is 2.92. The number of hydrogen-bond donors (Lipinski definition) is 3. The van der Waals surface area contributed by atoms with Crippen molar-refractivity contribution in [2.24, 2.45) is 18.2 Å². The van der Waals surface area contributed by atoms with Crippen molar-refractivity contribution in [3.63, 3.8) is 0 Å². The molecule has 2 aliphatic rings. The van der Waals surface area contributed by atoms with Crippen molar-refractivity contribution in [3.8, 4) is 0 Å². The molecule has 4 heterocycles. The maximum atomic E-state index is 13.0. The number of nitrogens with two attached hydrogens (primary N) is 1. The molecule has 0 aromatic carbocycles. The Morgan fingerprint density at radius 2 is 2.23 bits per heavy atom. The average molecular weight is 429 g/mol. The van der Waals surface area contributed by atoms with Gasteiger partial charge in [-0.05, 0) is 36.2 Å². The molecule has 2 fully saturated rings. The van der Waals surface area contributed by atoms with Gasteiger partial charge in [0.15, 0.2) is 10.9 Å². The van der Waals surface area contributed by atoms with Crippen molar-refractivity contribution < 1.29 is 4.79 Å². The third-order valence-corrected chi connectivity index (χ3v) is 5.88. The number of aryl methyl sites for hydroxylation is 1. The Kier molecular flexibility index (Phi) is 5.37. The van der Waals surface area contributed by atoms with Crippen LogP contribution in [0, 0.1) is 5.41 Å². The Morgan fingerprint density at radius 3 is 2.90 bits per heavy atom. The first-order valence-corrected chi connectivity index (χ1v) is 10.5. The van der Waals surface area contributed by atoms with E-state index >= 15 is 0 Å². The smallest absolute Gasteiger partial charge is 0.274 e. The highest BCUT2D eigenvalue weighted by atomic mass is 32.1. The molecule has 160 valence electrons. The van der Waals surface area contributed by atoms with E-state index in [0.717, 1.165) is 25.3 Å². The quantitative estimate of drug-likeness (QED) is 0.613. The Hall–Kier alpha value is -2.72. The fourth-order valence-electron chi connectivity index (χ4n) is 3.91. The number of nitrogens with one attached hydrogen (secondary N) is 2. The molecule has 0 radical (unpaired) electrons. The van der Waals surface area contributed by atoms with E-state index in [0.29, 0.717) is 35.4 Å². The lowest BCUT2D eigenvalue weighted by atomic mass is 9.93. The summed E-state index contributed by atoms with van der Waals surface area (Å²) in [6.45, 7) is 7.43. The van der Waals surface area contributed by atoms with Crippen LogP contribution in [0.15, 0.2) is 24.4 Å². The van der Waals surface area contributed by atoms with E-state index < -0.39 is 0 Å². The van der Waals surface area contributed by atoms with E-state index in [4.69, 9.17) is 18.0 Å². The zero-order chi connectivity index (χ0) is 21.5. The first-order chi connectivity index (χ1) is 14.3. The molecule has 10 heteroatoms. The highest BCUT2D eigenvalue weighted by molar-refractivity contribution is 7.80. The van der Waals surface area contributed by atoms with E-state index in [2.05, 4.69) is 39.5 Å². The van der Waals surface area contributed by atoms with Gasteiger partial charge in [-0.2, -0.15) is 5.10 Å². The molecule has 9 nitrogen and oxygen atoms in total. The number of rotatable bonds is 5. The lowest BCUT2D eigenvalue weighted by molar-refractivity contribution is 0.102. The number of nitrogens with zero attached hydrogens (tertiary/aromatic N) is 5. The Bertz CT molecular complexity index is 971. The SMILES string of the molecule is Cn1cc(NC(=O)c2cccc(N3CC(CN)NC3=S)n2)c(N2CCC(C)(C)C2)n1. The fourth-order valence-corrected chi connectivity index (χ4v) is 4.25. The first-order valence-electron chi connectivity index (χ1n) is 10.1. The minimum Gasteiger partial charge on any atom is -0.356 e. The maximum absolute atomic E-state index is 13.0. The predicted octanol–water partition coefficient (Wildman–Crippen LogP) is 1.33. The summed E-state index contributed by atoms with van der Waals surface area (Å²) in [6, 6.07) is 5.43. The molecule has 30 heavy (non-hydrogen) atoms. The molecule has 1 atom stereocenters. The van der Waals surface area contributed by atoms with Crippen molar-refractivity contribution in [2.75, 3.05) is 41.3 Å². The Labute approximate surface area is 181 Å². The third kappa shape index (κ3) is 4.10. The largest absolute Gasteiger partial charge is 0.356 e. The van der Waals surface area contributed by atoms with Gasteiger partial charge in [-0.3, -0.25) is 9.48 Å². The van der Waals surface area contributed by atoms with E-state index in [1.165, 1.54) is 0 Å². The molecule has 0 bridgehead atoms. The van der Waals surface area contributed by atoms with E-state index in [1.54, 1.807) is 10.7 Å². The highest BCUT2D eigenvalue weighted by Crippen LogP contribution is 2.35. The van der Waals surface area contributed by atoms with Gasteiger partial charge in [0.1, 0.15) is 17.2 Å². The molecule has 0 spiro atoms. The van der Waals surface area contributed by atoms with Gasteiger partial charge in [0.2, 0.25) is 0 Å². The molecule has 2 aromatic rings. The molecule has 2 aromatic heterocycles. The van der Waals surface area contributed by atoms with Crippen molar-refractivity contribution >= 4 is 40.6 Å². The number of anilines is 3. The second kappa shape index (κ2) is 7.84. The zero-order valence-corrected chi connectivity index (χ0v) is 18.4. The summed E-state index contributed by atoms with van der Waals surface area (Å²) < 4.78 is 1.72. The lowest BCUT2D eigenvalue weighted by Gasteiger charge is -2.20. The maximum Gasteiger partial charge on any atom is 0.274 e. The van der Waals surface area contributed by atoms with Crippen LogP contribution in [0.3, 0.4) is 0 Å². The monoisotopic (exact) mass is 428 g/mol. The predicted molar refractivity (Wildman–Crippen MR) is 122 cm³/mol. The molecular formula is C20H28N8OS. The number of carbonyl (C=O) groups excluding carboxylic acids is 1. The Balaban J connectivity index is 1.52. The normalized spacial score (nSPS) is 20.5. The molecule has 2 aliphatic heterocycles. The number of carbonyl (C=O) groups is 1. The van der Waals surface area contributed by atoms with Crippen LogP contribution in [0.25, 0.3) is 0 Å². The second-order valence-electron chi connectivity index (χ2n) is 8.70. The van der Waals surface area contributed by atoms with Gasteiger partial charge < -0.3 is 26.2 Å². The lowest BCUT2D eigenvalue weighted by Crippen LogP contribution is -2.33. The highest BCUT2D eigenvalue weighted by Gasteiger charge is 2.32. The second-order valence-corrected chi connectivity index (χ2v) is 9.09. The number of hydrogen-bond acceptors (Lipinski definition) is 6. The zero-order valence-electron chi connectivity index (χ0n) is 17.6. The van der Waals surface area contributed by atoms with Crippen LogP contribution >= 0.6 is 12.2 Å². The van der Waals surface area contributed by atoms with Crippen molar-refractivity contribution in [1.29, 1.82) is 0 Å². The van der Waals surface area contributed by atoms with E-state index in [-0.39, 0.29) is 17.4 Å². The minimum absolute atomic E-state index is 0.0828. The molecule has 1 amide bonds. The fraction of sp³-hybridized carbons (Fsp3) is 0.500. The van der Waals surface area contributed by atoms with Crippen LogP contribution in [0.1, 0.15) is 30.8 Å². The number of aromatic nitrogens is 3. The molecule has 0 saturated carbocycles. The molecule has 0 aliphatic carbocycles. The van der Waals surface area contributed by atoms with Gasteiger partial charge in [-0.1, -0.05) is 19.9 Å². The third-order valence-electron chi connectivity index (χ3n) is 5.54. The Morgan fingerprint density at radius 1 is 1.43 bits per heavy atom. The first kappa shape index (κ1) is 20.5. The molecule has 2 saturated heterocycles. The number of amides is 1. The van der Waals surface area contributed by atoms with E-state index in [1.807, 2.05) is 30.3 Å². The molecule has 4 rings (SSSR count).